The first-order chi connectivity index (χ1) is 11.3. The number of rotatable bonds is 6. The van der Waals surface area contributed by atoms with Gasteiger partial charge in [-0.05, 0) is 45.2 Å². The Kier molecular flexibility index (Phi) is 4.31. The molecule has 0 spiro atoms. The fourth-order valence-electron chi connectivity index (χ4n) is 3.07. The highest BCUT2D eigenvalue weighted by Crippen LogP contribution is 2.38. The molecule has 1 aromatic heterocycles. The first kappa shape index (κ1) is 15.1. The fourth-order valence-corrected chi connectivity index (χ4v) is 3.07. The Hall–Kier alpha value is -1.47. The maximum atomic E-state index is 11.9. The second-order valence-electron chi connectivity index (χ2n) is 7.07. The van der Waals surface area contributed by atoms with Crippen LogP contribution in [0.1, 0.15) is 49.7 Å². The molecule has 1 aromatic rings. The number of aromatic nitrogens is 2. The number of nitrogens with zero attached hydrogens (tertiary/aromatic N) is 4. The molecule has 0 unspecified atom stereocenters. The largest absolute Gasteiger partial charge is 0.352 e. The van der Waals surface area contributed by atoms with Crippen molar-refractivity contribution in [3.8, 4) is 0 Å². The van der Waals surface area contributed by atoms with E-state index >= 15 is 0 Å². The zero-order valence-electron chi connectivity index (χ0n) is 13.5. The summed E-state index contributed by atoms with van der Waals surface area (Å²) in [5.74, 6) is 2.30. The fraction of sp³-hybridized carbons (Fsp3) is 0.812. The molecule has 1 saturated heterocycles. The van der Waals surface area contributed by atoms with Crippen LogP contribution in [0.5, 0.6) is 0 Å². The lowest BCUT2D eigenvalue weighted by Crippen LogP contribution is -2.39. The van der Waals surface area contributed by atoms with E-state index in [0.717, 1.165) is 63.7 Å². The van der Waals surface area contributed by atoms with E-state index in [-0.39, 0.29) is 5.91 Å². The molecular formula is C16H25N5O2. The van der Waals surface area contributed by atoms with Crippen LogP contribution in [0.15, 0.2) is 4.52 Å². The van der Waals surface area contributed by atoms with Crippen LogP contribution in [0.3, 0.4) is 0 Å². The van der Waals surface area contributed by atoms with Crippen molar-refractivity contribution in [2.24, 2.45) is 0 Å². The van der Waals surface area contributed by atoms with Gasteiger partial charge in [0, 0.05) is 25.0 Å². The third-order valence-corrected chi connectivity index (χ3v) is 4.77. The molecule has 1 N–H and O–H groups in total. The van der Waals surface area contributed by atoms with Gasteiger partial charge >= 0.3 is 0 Å². The van der Waals surface area contributed by atoms with E-state index in [1.165, 1.54) is 12.8 Å². The first-order valence-corrected chi connectivity index (χ1v) is 8.83. The molecule has 0 atom stereocenters. The maximum Gasteiger partial charge on any atom is 0.234 e. The molecule has 0 radical (unpaired) electrons. The molecule has 2 aliphatic carbocycles. The summed E-state index contributed by atoms with van der Waals surface area (Å²) in [7, 11) is 0. The second-order valence-corrected chi connectivity index (χ2v) is 7.07. The highest BCUT2D eigenvalue weighted by molar-refractivity contribution is 5.78. The molecule has 126 valence electrons. The summed E-state index contributed by atoms with van der Waals surface area (Å²) in [5.41, 5.74) is 0. The van der Waals surface area contributed by atoms with Gasteiger partial charge in [0.25, 0.3) is 0 Å². The quantitative estimate of drug-likeness (QED) is 0.833. The zero-order chi connectivity index (χ0) is 15.6. The lowest BCUT2D eigenvalue weighted by atomic mass is 10.3. The van der Waals surface area contributed by atoms with E-state index in [1.807, 2.05) is 0 Å². The predicted molar refractivity (Wildman–Crippen MR) is 83.8 cm³/mol. The first-order valence-electron chi connectivity index (χ1n) is 8.83. The van der Waals surface area contributed by atoms with Crippen LogP contribution >= 0.6 is 0 Å². The van der Waals surface area contributed by atoms with E-state index in [1.54, 1.807) is 0 Å². The van der Waals surface area contributed by atoms with Gasteiger partial charge in [-0.1, -0.05) is 5.16 Å². The van der Waals surface area contributed by atoms with Crippen LogP contribution in [0.25, 0.3) is 0 Å². The van der Waals surface area contributed by atoms with E-state index in [2.05, 4.69) is 25.3 Å². The molecule has 1 amide bonds. The number of carbonyl (C=O) groups is 1. The predicted octanol–water partition coefficient (Wildman–Crippen LogP) is 0.733. The van der Waals surface area contributed by atoms with Crippen LogP contribution in [0.4, 0.5) is 0 Å². The molecule has 23 heavy (non-hydrogen) atoms. The summed E-state index contributed by atoms with van der Waals surface area (Å²) >= 11 is 0. The molecule has 2 heterocycles. The monoisotopic (exact) mass is 319 g/mol. The van der Waals surface area contributed by atoms with Gasteiger partial charge in [0.1, 0.15) is 0 Å². The highest BCUT2D eigenvalue weighted by atomic mass is 16.5. The lowest BCUT2D eigenvalue weighted by molar-refractivity contribution is -0.122. The second kappa shape index (κ2) is 6.57. The van der Waals surface area contributed by atoms with Crippen molar-refractivity contribution in [3.63, 3.8) is 0 Å². The van der Waals surface area contributed by atoms with Gasteiger partial charge < -0.3 is 9.84 Å². The Morgan fingerprint density at radius 1 is 1.13 bits per heavy atom. The van der Waals surface area contributed by atoms with Gasteiger partial charge in [0.05, 0.1) is 13.1 Å². The Morgan fingerprint density at radius 3 is 2.70 bits per heavy atom. The maximum absolute atomic E-state index is 11.9. The van der Waals surface area contributed by atoms with E-state index in [4.69, 9.17) is 4.52 Å². The number of hydrogen-bond acceptors (Lipinski definition) is 6. The molecule has 2 saturated carbocycles. The molecule has 0 bridgehead atoms. The van der Waals surface area contributed by atoms with Crippen molar-refractivity contribution in [2.75, 3.05) is 32.7 Å². The Labute approximate surface area is 136 Å². The molecule has 7 nitrogen and oxygen atoms in total. The van der Waals surface area contributed by atoms with Crippen LogP contribution in [-0.4, -0.2) is 64.6 Å². The van der Waals surface area contributed by atoms with Crippen molar-refractivity contribution in [3.05, 3.63) is 11.7 Å². The van der Waals surface area contributed by atoms with Crippen molar-refractivity contribution in [1.29, 1.82) is 0 Å². The van der Waals surface area contributed by atoms with Gasteiger partial charge in [-0.2, -0.15) is 4.98 Å². The van der Waals surface area contributed by atoms with E-state index in [0.29, 0.717) is 18.5 Å². The van der Waals surface area contributed by atoms with Crippen molar-refractivity contribution < 1.29 is 9.32 Å². The summed E-state index contributed by atoms with van der Waals surface area (Å²) in [6.45, 7) is 5.15. The SMILES string of the molecule is O=C(CN1CCCN(Cc2noc(C3CC3)n2)CC1)NC1CC1. The normalized spacial score (nSPS) is 23.7. The zero-order valence-corrected chi connectivity index (χ0v) is 13.5. The van der Waals surface area contributed by atoms with Gasteiger partial charge in [0.2, 0.25) is 11.8 Å². The summed E-state index contributed by atoms with van der Waals surface area (Å²) in [6, 6.07) is 0.449. The minimum absolute atomic E-state index is 0.174. The smallest absolute Gasteiger partial charge is 0.234 e. The lowest BCUT2D eigenvalue weighted by Gasteiger charge is -2.20. The van der Waals surface area contributed by atoms with Crippen LogP contribution in [-0.2, 0) is 11.3 Å². The number of amides is 1. The third-order valence-electron chi connectivity index (χ3n) is 4.77. The average molecular weight is 319 g/mol. The molecule has 7 heteroatoms. The van der Waals surface area contributed by atoms with E-state index < -0.39 is 0 Å². The molecule has 3 aliphatic rings. The minimum atomic E-state index is 0.174. The molecule has 3 fully saturated rings. The van der Waals surface area contributed by atoms with Gasteiger partial charge in [-0.15, -0.1) is 0 Å². The van der Waals surface area contributed by atoms with Crippen molar-refractivity contribution in [2.45, 2.75) is 50.6 Å². The summed E-state index contributed by atoms with van der Waals surface area (Å²) in [6.07, 6.45) is 5.73. The minimum Gasteiger partial charge on any atom is -0.352 e. The number of carbonyl (C=O) groups excluding carboxylic acids is 1. The Balaban J connectivity index is 1.23. The molecule has 4 rings (SSSR count). The Bertz CT molecular complexity index is 552. The summed E-state index contributed by atoms with van der Waals surface area (Å²) in [5, 5.41) is 7.17. The van der Waals surface area contributed by atoms with Crippen LogP contribution < -0.4 is 5.32 Å². The van der Waals surface area contributed by atoms with Crippen molar-refractivity contribution in [1.82, 2.24) is 25.3 Å². The van der Waals surface area contributed by atoms with Gasteiger partial charge in [-0.3, -0.25) is 14.6 Å². The topological polar surface area (TPSA) is 74.5 Å². The van der Waals surface area contributed by atoms with Gasteiger partial charge in [-0.25, -0.2) is 0 Å². The highest BCUT2D eigenvalue weighted by Gasteiger charge is 2.30. The molecule has 1 aliphatic heterocycles. The summed E-state index contributed by atoms with van der Waals surface area (Å²) in [4.78, 5) is 21.0. The summed E-state index contributed by atoms with van der Waals surface area (Å²) < 4.78 is 5.33. The Morgan fingerprint density at radius 2 is 1.91 bits per heavy atom. The number of nitrogens with one attached hydrogen (secondary N) is 1. The average Bonchev–Trinajstić information content (AvgIpc) is 3.43. The van der Waals surface area contributed by atoms with Gasteiger partial charge in [0.15, 0.2) is 5.82 Å². The van der Waals surface area contributed by atoms with E-state index in [9.17, 15) is 4.79 Å². The number of hydrogen-bond donors (Lipinski definition) is 1. The van der Waals surface area contributed by atoms with Crippen LogP contribution in [0.2, 0.25) is 0 Å². The molecule has 0 aromatic carbocycles. The molecular weight excluding hydrogens is 294 g/mol. The standard InChI is InChI=1S/C16H25N5O2/c22-15(17-13-4-5-13)11-21-7-1-6-20(8-9-21)10-14-18-16(23-19-14)12-2-3-12/h12-13H,1-11H2,(H,17,22). The van der Waals surface area contributed by atoms with Crippen molar-refractivity contribution >= 4 is 5.91 Å². The van der Waals surface area contributed by atoms with Crippen LogP contribution in [0, 0.1) is 0 Å². The third kappa shape index (κ3) is 4.29.